The molecule has 1 N–H and O–H groups in total. The molecule has 7 nitrogen and oxygen atoms in total. The van der Waals surface area contributed by atoms with Gasteiger partial charge in [-0.3, -0.25) is 4.55 Å². The third kappa shape index (κ3) is 8.98. The molecule has 0 unspecified atom stereocenters. The van der Waals surface area contributed by atoms with E-state index in [9.17, 15) is 8.42 Å². The fourth-order valence-electron chi connectivity index (χ4n) is 3.63. The van der Waals surface area contributed by atoms with Crippen LogP contribution in [-0.2, 0) is 18.4 Å². The van der Waals surface area contributed by atoms with Crippen molar-refractivity contribution >= 4 is 39.7 Å². The summed E-state index contributed by atoms with van der Waals surface area (Å²) in [5.74, 6) is 2.98. The molecule has 0 radical (unpaired) electrons. The lowest BCUT2D eigenvalue weighted by Crippen LogP contribution is -2.10. The van der Waals surface area contributed by atoms with Crippen LogP contribution >= 0.6 is 21.4 Å². The Labute approximate surface area is 204 Å². The molecular weight excluding hydrogens is 511 g/mol. The molecule has 0 atom stereocenters. The molecule has 2 aromatic rings. The molecule has 2 aromatic carbocycles. The van der Waals surface area contributed by atoms with Crippen LogP contribution in [-0.4, -0.2) is 35.6 Å². The largest absolute Gasteiger partial charge is 0.496 e. The lowest BCUT2D eigenvalue weighted by molar-refractivity contribution is 0.373. The molecule has 0 aromatic heterocycles. The minimum Gasteiger partial charge on any atom is -0.496 e. The lowest BCUT2D eigenvalue weighted by atomic mass is 9.80. The third-order valence-corrected chi connectivity index (χ3v) is 7.06. The van der Waals surface area contributed by atoms with E-state index in [1.54, 1.807) is 26.4 Å². The Morgan fingerprint density at radius 3 is 1.67 bits per heavy atom. The second kappa shape index (κ2) is 12.3. The maximum atomic E-state index is 11.2. The first-order valence-electron chi connectivity index (χ1n) is 10.4. The van der Waals surface area contributed by atoms with Gasteiger partial charge in [0.1, 0.15) is 11.5 Å². The Morgan fingerprint density at radius 1 is 0.788 bits per heavy atom. The van der Waals surface area contributed by atoms with Gasteiger partial charge in [0.25, 0.3) is 9.05 Å². The summed E-state index contributed by atoms with van der Waals surface area (Å²) in [4.78, 5) is 0.150. The predicted octanol–water partition coefficient (Wildman–Crippen LogP) is 5.88. The zero-order valence-electron chi connectivity index (χ0n) is 18.4. The van der Waals surface area contributed by atoms with E-state index in [2.05, 4.69) is 22.8 Å². The molecule has 33 heavy (non-hydrogen) atoms. The van der Waals surface area contributed by atoms with Crippen molar-refractivity contribution in [1.29, 1.82) is 0 Å². The molecule has 0 heterocycles. The zero-order valence-corrected chi connectivity index (χ0v) is 21.6. The van der Waals surface area contributed by atoms with Crippen LogP contribution in [0.1, 0.15) is 61.5 Å². The maximum Gasteiger partial charge on any atom is 0.353 e. The minimum atomic E-state index is -4.19. The molecular formula is C22H28Cl2O7S2. The van der Waals surface area contributed by atoms with Crippen molar-refractivity contribution < 1.29 is 30.9 Å². The van der Waals surface area contributed by atoms with Crippen molar-refractivity contribution in [3.05, 3.63) is 53.6 Å². The Bertz CT molecular complexity index is 1120. The minimum absolute atomic E-state index is 0.150. The fourth-order valence-corrected chi connectivity index (χ4v) is 4.41. The van der Waals surface area contributed by atoms with Gasteiger partial charge in [0.15, 0.2) is 0 Å². The molecule has 0 saturated heterocycles. The summed E-state index contributed by atoms with van der Waals surface area (Å²) in [6.45, 7) is 0. The summed E-state index contributed by atoms with van der Waals surface area (Å²) in [7, 11) is 4.87. The van der Waals surface area contributed by atoms with Crippen molar-refractivity contribution in [3.63, 3.8) is 0 Å². The van der Waals surface area contributed by atoms with Gasteiger partial charge in [-0.2, -0.15) is 8.42 Å². The Morgan fingerprint density at radius 2 is 1.24 bits per heavy atom. The fraction of sp³-hybridized carbons (Fsp3) is 0.455. The highest BCUT2D eigenvalue weighted by atomic mass is 35.7. The van der Waals surface area contributed by atoms with Crippen molar-refractivity contribution in [2.45, 2.75) is 55.3 Å². The smallest absolute Gasteiger partial charge is 0.353 e. The first-order valence-corrected chi connectivity index (χ1v) is 14.9. The molecule has 2 saturated carbocycles. The van der Waals surface area contributed by atoms with E-state index in [1.165, 1.54) is 37.3 Å². The number of halogens is 2. The number of ether oxygens (including phenoxy) is 2. The second-order valence-corrected chi connectivity index (χ2v) is 12.3. The molecule has 4 rings (SSSR count). The normalized spacial score (nSPS) is 16.2. The predicted molar refractivity (Wildman–Crippen MR) is 130 cm³/mol. The van der Waals surface area contributed by atoms with Crippen LogP contribution in [0.25, 0.3) is 0 Å². The highest BCUT2D eigenvalue weighted by molar-refractivity contribution is 8.13. The summed E-state index contributed by atoms with van der Waals surface area (Å²) >= 11 is 0. The van der Waals surface area contributed by atoms with Gasteiger partial charge in [0.2, 0.25) is 0 Å². The van der Waals surface area contributed by atoms with Gasteiger partial charge < -0.3 is 9.47 Å². The molecule has 184 valence electrons. The lowest BCUT2D eigenvalue weighted by Gasteiger charge is -2.27. The molecule has 0 spiro atoms. The number of rotatable bonds is 5. The first-order chi connectivity index (χ1) is 15.4. The number of methoxy groups -OCH3 is 2. The average Bonchev–Trinajstić information content (AvgIpc) is 2.64. The van der Waals surface area contributed by atoms with Crippen LogP contribution in [0, 0.1) is 0 Å². The van der Waals surface area contributed by atoms with Crippen LogP contribution in [0.5, 0.6) is 11.5 Å². The first kappa shape index (κ1) is 27.7. The Kier molecular flexibility index (Phi) is 10.3. The van der Waals surface area contributed by atoms with Gasteiger partial charge in [0.05, 0.1) is 19.1 Å². The van der Waals surface area contributed by atoms with Crippen LogP contribution in [0.15, 0.2) is 47.4 Å². The Balaban J connectivity index is 0.000000200. The third-order valence-electron chi connectivity index (χ3n) is 5.71. The van der Waals surface area contributed by atoms with Crippen LogP contribution in [0.3, 0.4) is 0 Å². The molecule has 11 heteroatoms. The van der Waals surface area contributed by atoms with E-state index in [0.717, 1.165) is 35.8 Å². The van der Waals surface area contributed by atoms with E-state index in [0.29, 0.717) is 5.92 Å². The highest BCUT2D eigenvalue weighted by Crippen LogP contribution is 2.42. The van der Waals surface area contributed by atoms with Gasteiger partial charge in [-0.1, -0.05) is 31.0 Å². The number of hydrogen-bond donors (Lipinski definition) is 1. The molecule has 0 aliphatic heterocycles. The summed E-state index contributed by atoms with van der Waals surface area (Å²) in [5.41, 5.74) is 2.35. The zero-order chi connectivity index (χ0) is 24.6. The Hall–Kier alpha value is -1.52. The molecule has 0 bridgehead atoms. The summed E-state index contributed by atoms with van der Waals surface area (Å²) in [6, 6.07) is 13.1. The van der Waals surface area contributed by atoms with E-state index >= 15 is 0 Å². The van der Waals surface area contributed by atoms with Crippen molar-refractivity contribution in [2.75, 3.05) is 14.2 Å². The number of hydrogen-bond acceptors (Lipinski definition) is 6. The molecule has 2 aliphatic carbocycles. The number of para-hydroxylation sites is 1. The van der Waals surface area contributed by atoms with Crippen LogP contribution < -0.4 is 9.47 Å². The van der Waals surface area contributed by atoms with Crippen molar-refractivity contribution in [1.82, 2.24) is 0 Å². The van der Waals surface area contributed by atoms with Crippen LogP contribution in [0.2, 0.25) is 0 Å². The van der Waals surface area contributed by atoms with Crippen molar-refractivity contribution in [2.24, 2.45) is 0 Å². The van der Waals surface area contributed by atoms with E-state index in [-0.39, 0.29) is 4.90 Å². The van der Waals surface area contributed by atoms with Gasteiger partial charge >= 0.3 is 9.33 Å². The monoisotopic (exact) mass is 538 g/mol. The highest BCUT2D eigenvalue weighted by Gasteiger charge is 2.25. The average molecular weight is 539 g/mol. The maximum absolute atomic E-state index is 11.2. The molecule has 0 amide bonds. The molecule has 2 fully saturated rings. The van der Waals surface area contributed by atoms with Crippen molar-refractivity contribution in [3.8, 4) is 11.5 Å². The van der Waals surface area contributed by atoms with E-state index in [4.69, 9.17) is 33.1 Å². The second-order valence-electron chi connectivity index (χ2n) is 7.75. The summed E-state index contributed by atoms with van der Waals surface area (Å²) < 4.78 is 58.2. The van der Waals surface area contributed by atoms with E-state index < -0.39 is 18.4 Å². The topological polar surface area (TPSA) is 107 Å². The van der Waals surface area contributed by atoms with Gasteiger partial charge in [0, 0.05) is 21.4 Å². The van der Waals surface area contributed by atoms with Gasteiger partial charge in [-0.15, -0.1) is 0 Å². The van der Waals surface area contributed by atoms with Crippen LogP contribution in [0.4, 0.5) is 0 Å². The van der Waals surface area contributed by atoms with Gasteiger partial charge in [-0.05, 0) is 72.9 Å². The molecule has 2 aliphatic rings. The van der Waals surface area contributed by atoms with E-state index in [1.807, 2.05) is 12.1 Å². The standard InChI is InChI=1S/C11H13ClO3S.C11H14O.ClHO3S/c1-15-11-6-5-9(16(12,13)14)7-10(11)8-3-2-4-8;1-12-11-8-3-2-7-10(11)9-5-4-6-9;1-5(2,3)4/h5-8H,2-4H2,1H3;2-3,7-9H,4-6H2,1H3;(H,2,3,4). The quantitative estimate of drug-likeness (QED) is 0.374. The number of benzene rings is 2. The SMILES string of the molecule is COc1ccc(S(=O)(=O)Cl)cc1C1CCC1.COc1ccccc1C1CCC1.O=S(=O)(O)Cl. The summed E-state index contributed by atoms with van der Waals surface area (Å²) in [5, 5.41) is 0. The summed E-state index contributed by atoms with van der Waals surface area (Å²) in [6.07, 6.45) is 7.40. The van der Waals surface area contributed by atoms with Gasteiger partial charge in [-0.25, -0.2) is 8.42 Å².